The van der Waals surface area contributed by atoms with Crippen LogP contribution in [0, 0.1) is 11.3 Å². The van der Waals surface area contributed by atoms with Crippen molar-refractivity contribution in [3.63, 3.8) is 0 Å². The van der Waals surface area contributed by atoms with Gasteiger partial charge in [-0.05, 0) is 24.3 Å². The molecule has 13 heavy (non-hydrogen) atoms. The molecular weight excluding hydrogens is 171 g/mol. The lowest BCUT2D eigenvalue weighted by Gasteiger charge is -1.98. The molecule has 0 aliphatic heterocycles. The molecule has 1 aromatic rings. The molecule has 5 heteroatoms. The summed E-state index contributed by atoms with van der Waals surface area (Å²) >= 11 is 0. The molecule has 0 saturated carbocycles. The molecule has 0 aliphatic carbocycles. The molecule has 2 N–H and O–H groups in total. The standard InChI is InChI=1S/C8H9FN4/c1-11-13-8(12-10)6-2-4-7(9)5-3-6/h2-5,10-11H,1H3/b12-10?,13-8-. The van der Waals surface area contributed by atoms with Crippen molar-refractivity contribution in [1.29, 1.82) is 5.53 Å². The van der Waals surface area contributed by atoms with E-state index in [1.807, 2.05) is 0 Å². The minimum Gasteiger partial charge on any atom is -0.311 e. The Balaban J connectivity index is 2.99. The molecule has 0 spiro atoms. The number of amidine groups is 1. The van der Waals surface area contributed by atoms with Crippen LogP contribution in [0.4, 0.5) is 4.39 Å². The van der Waals surface area contributed by atoms with Crippen molar-refractivity contribution in [2.45, 2.75) is 0 Å². The number of halogens is 1. The highest BCUT2D eigenvalue weighted by molar-refractivity contribution is 5.98. The summed E-state index contributed by atoms with van der Waals surface area (Å²) in [5.41, 5.74) is 9.93. The Morgan fingerprint density at radius 3 is 2.46 bits per heavy atom. The summed E-state index contributed by atoms with van der Waals surface area (Å²) in [7, 11) is 1.61. The van der Waals surface area contributed by atoms with Crippen molar-refractivity contribution in [2.24, 2.45) is 10.2 Å². The van der Waals surface area contributed by atoms with Gasteiger partial charge >= 0.3 is 0 Å². The van der Waals surface area contributed by atoms with Crippen LogP contribution in [0.1, 0.15) is 5.56 Å². The van der Waals surface area contributed by atoms with E-state index in [0.717, 1.165) is 0 Å². The van der Waals surface area contributed by atoms with Gasteiger partial charge in [0.05, 0.1) is 0 Å². The molecule has 0 atom stereocenters. The summed E-state index contributed by atoms with van der Waals surface area (Å²) in [6.07, 6.45) is 0. The second-order valence-electron chi connectivity index (χ2n) is 2.28. The molecule has 0 aliphatic rings. The third-order valence-electron chi connectivity index (χ3n) is 1.43. The highest BCUT2D eigenvalue weighted by Crippen LogP contribution is 2.04. The minimum absolute atomic E-state index is 0.225. The van der Waals surface area contributed by atoms with Crippen LogP contribution in [0.3, 0.4) is 0 Å². The van der Waals surface area contributed by atoms with Gasteiger partial charge in [0.15, 0.2) is 5.84 Å². The van der Waals surface area contributed by atoms with Crippen molar-refractivity contribution in [1.82, 2.24) is 5.43 Å². The number of rotatable bonds is 2. The quantitative estimate of drug-likeness (QED) is 0.309. The molecule has 0 bridgehead atoms. The molecule has 0 aromatic heterocycles. The molecule has 0 unspecified atom stereocenters. The maximum atomic E-state index is 12.5. The maximum absolute atomic E-state index is 12.5. The predicted octanol–water partition coefficient (Wildman–Crippen LogP) is 1.74. The molecule has 1 rings (SSSR count). The zero-order valence-electron chi connectivity index (χ0n) is 7.08. The van der Waals surface area contributed by atoms with E-state index in [4.69, 9.17) is 5.53 Å². The normalized spacial score (nSPS) is 11.1. The lowest BCUT2D eigenvalue weighted by atomic mass is 10.2. The topological polar surface area (TPSA) is 60.6 Å². The van der Waals surface area contributed by atoms with Gasteiger partial charge in [-0.15, -0.1) is 5.11 Å². The fourth-order valence-electron chi connectivity index (χ4n) is 0.859. The van der Waals surface area contributed by atoms with Gasteiger partial charge in [0.25, 0.3) is 0 Å². The van der Waals surface area contributed by atoms with Gasteiger partial charge in [-0.25, -0.2) is 9.92 Å². The summed E-state index contributed by atoms with van der Waals surface area (Å²) in [5, 5.41) is 6.93. The average molecular weight is 180 g/mol. The Labute approximate surface area is 75.0 Å². The first-order valence-electron chi connectivity index (χ1n) is 3.65. The lowest BCUT2D eigenvalue weighted by Crippen LogP contribution is -2.03. The number of hydrazone groups is 1. The molecule has 4 nitrogen and oxygen atoms in total. The Bertz CT molecular complexity index is 317. The van der Waals surface area contributed by atoms with Crippen molar-refractivity contribution in [3.8, 4) is 0 Å². The first kappa shape index (κ1) is 9.31. The second-order valence-corrected chi connectivity index (χ2v) is 2.28. The van der Waals surface area contributed by atoms with Crippen LogP contribution in [0.5, 0.6) is 0 Å². The van der Waals surface area contributed by atoms with Gasteiger partial charge < -0.3 is 5.43 Å². The number of hydrogen-bond donors (Lipinski definition) is 2. The lowest BCUT2D eigenvalue weighted by molar-refractivity contribution is 0.627. The first-order valence-corrected chi connectivity index (χ1v) is 3.65. The van der Waals surface area contributed by atoms with Crippen molar-refractivity contribution in [2.75, 3.05) is 7.05 Å². The van der Waals surface area contributed by atoms with Crippen LogP contribution in [0.15, 0.2) is 34.5 Å². The summed E-state index contributed by atoms with van der Waals surface area (Å²) in [6, 6.07) is 5.63. The van der Waals surface area contributed by atoms with E-state index in [1.54, 1.807) is 7.05 Å². The molecule has 0 radical (unpaired) electrons. The molecule has 1 aromatic carbocycles. The van der Waals surface area contributed by atoms with Gasteiger partial charge in [0.1, 0.15) is 5.82 Å². The number of nitrogens with zero attached hydrogens (tertiary/aromatic N) is 2. The SMILES string of the molecule is CN/N=C(\N=N)c1ccc(F)cc1. The monoisotopic (exact) mass is 180 g/mol. The van der Waals surface area contributed by atoms with Crippen LogP contribution in [-0.2, 0) is 0 Å². The molecule has 0 amide bonds. The smallest absolute Gasteiger partial charge is 0.200 e. The molecule has 68 valence electrons. The highest BCUT2D eigenvalue weighted by atomic mass is 19.1. The van der Waals surface area contributed by atoms with Gasteiger partial charge in [-0.2, -0.15) is 5.10 Å². The summed E-state index contributed by atoms with van der Waals surface area (Å²) in [6.45, 7) is 0. The number of nitrogens with one attached hydrogen (secondary N) is 2. The van der Waals surface area contributed by atoms with E-state index >= 15 is 0 Å². The Hall–Kier alpha value is -1.78. The Morgan fingerprint density at radius 1 is 1.38 bits per heavy atom. The predicted molar refractivity (Wildman–Crippen MR) is 47.1 cm³/mol. The minimum atomic E-state index is -0.322. The largest absolute Gasteiger partial charge is 0.311 e. The zero-order valence-corrected chi connectivity index (χ0v) is 7.08. The summed E-state index contributed by atoms with van der Waals surface area (Å²) in [5.74, 6) is -0.0972. The fraction of sp³-hybridized carbons (Fsp3) is 0.125. The first-order chi connectivity index (χ1) is 6.27. The van der Waals surface area contributed by atoms with Crippen molar-refractivity contribution < 1.29 is 4.39 Å². The van der Waals surface area contributed by atoms with Crippen LogP contribution in [-0.4, -0.2) is 12.9 Å². The van der Waals surface area contributed by atoms with Gasteiger partial charge in [0, 0.05) is 12.6 Å². The number of hydrogen-bond acceptors (Lipinski definition) is 3. The molecular formula is C8H9FN4. The van der Waals surface area contributed by atoms with Crippen molar-refractivity contribution in [3.05, 3.63) is 35.6 Å². The summed E-state index contributed by atoms with van der Waals surface area (Å²) in [4.78, 5) is 0. The molecule has 0 saturated heterocycles. The third-order valence-corrected chi connectivity index (χ3v) is 1.43. The summed E-state index contributed by atoms with van der Waals surface area (Å²) < 4.78 is 12.5. The van der Waals surface area contributed by atoms with E-state index in [9.17, 15) is 4.39 Å². The van der Waals surface area contributed by atoms with E-state index in [0.29, 0.717) is 5.56 Å². The molecule has 0 heterocycles. The van der Waals surface area contributed by atoms with Crippen LogP contribution < -0.4 is 5.43 Å². The second kappa shape index (κ2) is 4.30. The Kier molecular flexibility index (Phi) is 3.08. The fourth-order valence-corrected chi connectivity index (χ4v) is 0.859. The van der Waals surface area contributed by atoms with E-state index < -0.39 is 0 Å². The van der Waals surface area contributed by atoms with E-state index in [-0.39, 0.29) is 11.7 Å². The van der Waals surface area contributed by atoms with E-state index in [2.05, 4.69) is 15.6 Å². The van der Waals surface area contributed by atoms with Crippen LogP contribution in [0.2, 0.25) is 0 Å². The van der Waals surface area contributed by atoms with Crippen LogP contribution in [0.25, 0.3) is 0 Å². The highest BCUT2D eigenvalue weighted by Gasteiger charge is 2.00. The van der Waals surface area contributed by atoms with Crippen LogP contribution >= 0.6 is 0 Å². The molecule has 0 fully saturated rings. The third kappa shape index (κ3) is 2.33. The Morgan fingerprint density at radius 2 is 2.00 bits per heavy atom. The zero-order chi connectivity index (χ0) is 9.68. The number of benzene rings is 1. The van der Waals surface area contributed by atoms with Gasteiger partial charge in [0.2, 0.25) is 0 Å². The van der Waals surface area contributed by atoms with Crippen molar-refractivity contribution >= 4 is 5.84 Å². The van der Waals surface area contributed by atoms with E-state index in [1.165, 1.54) is 24.3 Å². The maximum Gasteiger partial charge on any atom is 0.200 e. The van der Waals surface area contributed by atoms with Gasteiger partial charge in [-0.1, -0.05) is 0 Å². The van der Waals surface area contributed by atoms with Gasteiger partial charge in [-0.3, -0.25) is 0 Å². The average Bonchev–Trinajstić information content (AvgIpc) is 2.16.